The molecule has 3 rings (SSSR count). The molecule has 0 amide bonds. The Labute approximate surface area is 121 Å². The molecule has 0 saturated carbocycles. The molecule has 6 heteroatoms. The first kappa shape index (κ1) is 13.5. The van der Waals surface area contributed by atoms with Gasteiger partial charge in [0.25, 0.3) is 5.89 Å². The molecular formula is C14H15ClFN3O. The number of nitrogens with one attached hydrogen (secondary N) is 1. The lowest BCUT2D eigenvalue weighted by molar-refractivity contribution is 0.359. The van der Waals surface area contributed by atoms with Gasteiger partial charge in [-0.2, -0.15) is 4.98 Å². The van der Waals surface area contributed by atoms with Crippen LogP contribution in [0.2, 0.25) is 5.02 Å². The van der Waals surface area contributed by atoms with E-state index in [1.54, 1.807) is 12.1 Å². The number of halogens is 2. The Hall–Kier alpha value is -1.46. The quantitative estimate of drug-likeness (QED) is 0.945. The summed E-state index contributed by atoms with van der Waals surface area (Å²) in [4.78, 5) is 4.27. The van der Waals surface area contributed by atoms with Crippen LogP contribution in [0.1, 0.15) is 18.7 Å². The van der Waals surface area contributed by atoms with Crippen molar-refractivity contribution in [2.45, 2.75) is 19.3 Å². The molecule has 2 heterocycles. The molecule has 1 saturated heterocycles. The zero-order valence-electron chi connectivity index (χ0n) is 10.9. The van der Waals surface area contributed by atoms with E-state index in [0.717, 1.165) is 32.4 Å². The molecule has 106 valence electrons. The normalized spacial score (nSPS) is 19.2. The zero-order valence-corrected chi connectivity index (χ0v) is 11.7. The van der Waals surface area contributed by atoms with E-state index in [9.17, 15) is 4.39 Å². The Kier molecular flexibility index (Phi) is 3.98. The predicted octanol–water partition coefficient (Wildman–Crippen LogP) is 3.07. The van der Waals surface area contributed by atoms with Gasteiger partial charge in [-0.25, -0.2) is 4.39 Å². The van der Waals surface area contributed by atoms with Crippen LogP contribution in [-0.4, -0.2) is 23.2 Å². The number of hydrogen-bond donors (Lipinski definition) is 1. The van der Waals surface area contributed by atoms with Gasteiger partial charge in [-0.1, -0.05) is 22.8 Å². The van der Waals surface area contributed by atoms with Crippen LogP contribution >= 0.6 is 11.6 Å². The highest BCUT2D eigenvalue weighted by Gasteiger charge is 2.19. The van der Waals surface area contributed by atoms with Crippen molar-refractivity contribution in [2.75, 3.05) is 13.1 Å². The molecular weight excluding hydrogens is 281 g/mol. The van der Waals surface area contributed by atoms with Crippen LogP contribution in [0.5, 0.6) is 0 Å². The van der Waals surface area contributed by atoms with Crippen molar-refractivity contribution < 1.29 is 8.91 Å². The maximum atomic E-state index is 13.9. The second-order valence-electron chi connectivity index (χ2n) is 5.03. The van der Waals surface area contributed by atoms with Gasteiger partial charge in [-0.05, 0) is 44.0 Å². The van der Waals surface area contributed by atoms with Gasteiger partial charge >= 0.3 is 0 Å². The number of piperidine rings is 1. The summed E-state index contributed by atoms with van der Waals surface area (Å²) in [6.45, 7) is 2.04. The van der Waals surface area contributed by atoms with Crippen molar-refractivity contribution in [3.8, 4) is 11.5 Å². The SMILES string of the molecule is Fc1c(Cl)cccc1-c1nc(CC2CCCNC2)no1. The van der Waals surface area contributed by atoms with Gasteiger partial charge in [-0.3, -0.25) is 0 Å². The van der Waals surface area contributed by atoms with Crippen molar-refractivity contribution in [1.29, 1.82) is 0 Å². The van der Waals surface area contributed by atoms with Crippen molar-refractivity contribution >= 4 is 11.6 Å². The van der Waals surface area contributed by atoms with E-state index in [1.807, 2.05) is 0 Å². The number of nitrogens with zero attached hydrogens (tertiary/aromatic N) is 2. The first-order valence-electron chi connectivity index (χ1n) is 6.71. The van der Waals surface area contributed by atoms with Crippen molar-refractivity contribution in [3.05, 3.63) is 34.9 Å². The molecule has 1 aromatic heterocycles. The molecule has 1 fully saturated rings. The molecule has 4 nitrogen and oxygen atoms in total. The summed E-state index contributed by atoms with van der Waals surface area (Å²) in [6.07, 6.45) is 3.07. The fraction of sp³-hybridized carbons (Fsp3) is 0.429. The van der Waals surface area contributed by atoms with E-state index in [1.165, 1.54) is 6.07 Å². The summed E-state index contributed by atoms with van der Waals surface area (Å²) in [7, 11) is 0. The number of hydrogen-bond acceptors (Lipinski definition) is 4. The minimum atomic E-state index is -0.524. The van der Waals surface area contributed by atoms with Gasteiger partial charge in [0.1, 0.15) is 0 Å². The molecule has 1 atom stereocenters. The van der Waals surface area contributed by atoms with Gasteiger partial charge < -0.3 is 9.84 Å². The van der Waals surface area contributed by atoms with Crippen LogP contribution in [0.25, 0.3) is 11.5 Å². The smallest absolute Gasteiger partial charge is 0.260 e. The van der Waals surface area contributed by atoms with Crippen LogP contribution < -0.4 is 5.32 Å². The van der Waals surface area contributed by atoms with E-state index in [0.29, 0.717) is 11.7 Å². The maximum Gasteiger partial charge on any atom is 0.260 e. The summed E-state index contributed by atoms with van der Waals surface area (Å²) < 4.78 is 19.0. The highest BCUT2D eigenvalue weighted by Crippen LogP contribution is 2.26. The molecule has 1 aliphatic heterocycles. The average molecular weight is 296 g/mol. The molecule has 0 bridgehead atoms. The second-order valence-corrected chi connectivity index (χ2v) is 5.44. The molecule has 1 N–H and O–H groups in total. The third kappa shape index (κ3) is 2.83. The van der Waals surface area contributed by atoms with E-state index in [-0.39, 0.29) is 16.5 Å². The Morgan fingerprint density at radius 1 is 1.45 bits per heavy atom. The summed E-state index contributed by atoms with van der Waals surface area (Å²) in [5.74, 6) is 0.791. The Morgan fingerprint density at radius 3 is 3.15 bits per heavy atom. The second kappa shape index (κ2) is 5.89. The van der Waals surface area contributed by atoms with Crippen LogP contribution in [-0.2, 0) is 6.42 Å². The first-order valence-corrected chi connectivity index (χ1v) is 7.09. The van der Waals surface area contributed by atoms with Gasteiger partial charge in [0.15, 0.2) is 11.6 Å². The molecule has 1 aromatic carbocycles. The Balaban J connectivity index is 1.77. The van der Waals surface area contributed by atoms with E-state index in [4.69, 9.17) is 16.1 Å². The molecule has 0 spiro atoms. The molecule has 20 heavy (non-hydrogen) atoms. The maximum absolute atomic E-state index is 13.9. The third-order valence-electron chi connectivity index (χ3n) is 3.52. The minimum Gasteiger partial charge on any atom is -0.334 e. The van der Waals surface area contributed by atoms with Crippen molar-refractivity contribution in [1.82, 2.24) is 15.5 Å². The van der Waals surface area contributed by atoms with Crippen LogP contribution in [0.4, 0.5) is 4.39 Å². The number of benzene rings is 1. The molecule has 1 unspecified atom stereocenters. The van der Waals surface area contributed by atoms with E-state index < -0.39 is 5.82 Å². The third-order valence-corrected chi connectivity index (χ3v) is 3.81. The fourth-order valence-electron chi connectivity index (χ4n) is 2.47. The lowest BCUT2D eigenvalue weighted by atomic mass is 9.96. The lowest BCUT2D eigenvalue weighted by Gasteiger charge is -2.20. The van der Waals surface area contributed by atoms with Gasteiger partial charge in [-0.15, -0.1) is 0 Å². The summed E-state index contributed by atoms with van der Waals surface area (Å²) in [5, 5.41) is 7.33. The van der Waals surface area contributed by atoms with Crippen LogP contribution in [0.3, 0.4) is 0 Å². The first-order chi connectivity index (χ1) is 9.74. The molecule has 0 radical (unpaired) electrons. The van der Waals surface area contributed by atoms with Crippen LogP contribution in [0, 0.1) is 11.7 Å². The van der Waals surface area contributed by atoms with Crippen molar-refractivity contribution in [2.24, 2.45) is 5.92 Å². The van der Waals surface area contributed by atoms with Gasteiger partial charge in [0.05, 0.1) is 10.6 Å². The standard InChI is InChI=1S/C14H15ClFN3O/c15-11-5-1-4-10(13(11)16)14-18-12(19-20-14)7-9-3-2-6-17-8-9/h1,4-5,9,17H,2-3,6-8H2. The van der Waals surface area contributed by atoms with Crippen molar-refractivity contribution in [3.63, 3.8) is 0 Å². The predicted molar refractivity (Wildman–Crippen MR) is 74.0 cm³/mol. The molecule has 2 aromatic rings. The summed E-state index contributed by atoms with van der Waals surface area (Å²) >= 11 is 5.75. The minimum absolute atomic E-state index is 0.0544. The highest BCUT2D eigenvalue weighted by molar-refractivity contribution is 6.31. The lowest BCUT2D eigenvalue weighted by Crippen LogP contribution is -2.31. The van der Waals surface area contributed by atoms with E-state index in [2.05, 4.69) is 15.5 Å². The number of rotatable bonds is 3. The zero-order chi connectivity index (χ0) is 13.9. The topological polar surface area (TPSA) is 51.0 Å². The summed E-state index contributed by atoms with van der Waals surface area (Å²) in [6, 6.07) is 4.74. The Morgan fingerprint density at radius 2 is 2.35 bits per heavy atom. The molecule has 0 aliphatic carbocycles. The highest BCUT2D eigenvalue weighted by atomic mass is 35.5. The Bertz CT molecular complexity index is 596. The largest absolute Gasteiger partial charge is 0.334 e. The molecule has 1 aliphatic rings. The van der Waals surface area contributed by atoms with E-state index >= 15 is 0 Å². The van der Waals surface area contributed by atoms with Gasteiger partial charge in [0.2, 0.25) is 0 Å². The average Bonchev–Trinajstić information content (AvgIpc) is 2.91. The monoisotopic (exact) mass is 295 g/mol. The summed E-state index contributed by atoms with van der Waals surface area (Å²) in [5.41, 5.74) is 0.248. The fourth-order valence-corrected chi connectivity index (χ4v) is 2.65. The van der Waals surface area contributed by atoms with Gasteiger partial charge in [0, 0.05) is 6.42 Å². The number of aromatic nitrogens is 2. The van der Waals surface area contributed by atoms with Crippen LogP contribution in [0.15, 0.2) is 22.7 Å².